The molecule has 148 valence electrons. The lowest BCUT2D eigenvalue weighted by Crippen LogP contribution is -2.31. The summed E-state index contributed by atoms with van der Waals surface area (Å²) in [5.74, 6) is 0. The molecule has 0 bridgehead atoms. The van der Waals surface area contributed by atoms with E-state index in [9.17, 15) is 14.9 Å². The number of nitro benzene ring substituents is 1. The fraction of sp³-hybridized carbons (Fsp3) is 0.350. The molecule has 0 spiro atoms. The van der Waals surface area contributed by atoms with Gasteiger partial charge in [-0.2, -0.15) is 0 Å². The van der Waals surface area contributed by atoms with Crippen molar-refractivity contribution in [3.8, 4) is 0 Å². The SMILES string of the molecule is CN(C)C1CCN(c2ccc(NC(=O)OCc3ccccc3)cc2[N+](=O)[O-])C1. The maximum absolute atomic E-state index is 12.0. The van der Waals surface area contributed by atoms with E-state index in [2.05, 4.69) is 10.2 Å². The van der Waals surface area contributed by atoms with E-state index in [1.165, 1.54) is 6.07 Å². The van der Waals surface area contributed by atoms with Gasteiger partial charge in [-0.15, -0.1) is 0 Å². The minimum atomic E-state index is -0.653. The Bertz CT molecular complexity index is 841. The normalized spacial score (nSPS) is 16.2. The summed E-state index contributed by atoms with van der Waals surface area (Å²) in [5, 5.41) is 14.1. The highest BCUT2D eigenvalue weighted by molar-refractivity contribution is 5.86. The molecule has 1 saturated heterocycles. The third-order valence-electron chi connectivity index (χ3n) is 4.87. The summed E-state index contributed by atoms with van der Waals surface area (Å²) in [6.45, 7) is 1.63. The molecule has 2 aromatic rings. The summed E-state index contributed by atoms with van der Waals surface area (Å²) in [6.07, 6.45) is 0.301. The Morgan fingerprint density at radius 1 is 1.29 bits per heavy atom. The summed E-state index contributed by atoms with van der Waals surface area (Å²) >= 11 is 0. The Hall–Kier alpha value is -3.13. The second kappa shape index (κ2) is 8.71. The predicted molar refractivity (Wildman–Crippen MR) is 108 cm³/mol. The van der Waals surface area contributed by atoms with Crippen molar-refractivity contribution in [1.29, 1.82) is 0 Å². The third kappa shape index (κ3) is 4.77. The van der Waals surface area contributed by atoms with Crippen LogP contribution in [0.4, 0.5) is 21.9 Å². The largest absolute Gasteiger partial charge is 0.444 e. The van der Waals surface area contributed by atoms with Crippen LogP contribution in [0.25, 0.3) is 0 Å². The maximum Gasteiger partial charge on any atom is 0.411 e. The number of hydrogen-bond donors (Lipinski definition) is 1. The molecule has 3 rings (SSSR count). The van der Waals surface area contributed by atoms with E-state index in [1.807, 2.05) is 49.3 Å². The van der Waals surface area contributed by atoms with E-state index in [0.29, 0.717) is 17.4 Å². The Morgan fingerprint density at radius 3 is 2.68 bits per heavy atom. The average molecular weight is 384 g/mol. The van der Waals surface area contributed by atoms with Gasteiger partial charge in [0.2, 0.25) is 0 Å². The summed E-state index contributed by atoms with van der Waals surface area (Å²) in [4.78, 5) is 27.3. The van der Waals surface area contributed by atoms with E-state index >= 15 is 0 Å². The molecular weight excluding hydrogens is 360 g/mol. The first-order valence-corrected chi connectivity index (χ1v) is 9.11. The van der Waals surface area contributed by atoms with Crippen LogP contribution < -0.4 is 10.2 Å². The first kappa shape index (κ1) is 19.6. The second-order valence-electron chi connectivity index (χ2n) is 7.00. The molecule has 2 aromatic carbocycles. The van der Waals surface area contributed by atoms with Crippen molar-refractivity contribution < 1.29 is 14.5 Å². The van der Waals surface area contributed by atoms with Gasteiger partial charge in [0.1, 0.15) is 12.3 Å². The van der Waals surface area contributed by atoms with E-state index in [0.717, 1.165) is 25.1 Å². The molecule has 1 N–H and O–H groups in total. The Morgan fingerprint density at radius 2 is 2.04 bits per heavy atom. The maximum atomic E-state index is 12.0. The number of ether oxygens (including phenoxy) is 1. The number of carbonyl (C=O) groups excluding carboxylic acids is 1. The van der Waals surface area contributed by atoms with E-state index < -0.39 is 11.0 Å². The first-order chi connectivity index (χ1) is 13.4. The van der Waals surface area contributed by atoms with Crippen LogP contribution in [-0.2, 0) is 11.3 Å². The molecule has 1 heterocycles. The molecule has 1 amide bonds. The van der Waals surface area contributed by atoms with Crippen molar-refractivity contribution in [3.05, 3.63) is 64.2 Å². The molecule has 0 aromatic heterocycles. The molecule has 8 heteroatoms. The smallest absolute Gasteiger partial charge is 0.411 e. The molecular formula is C20H24N4O4. The molecule has 8 nitrogen and oxygen atoms in total. The summed E-state index contributed by atoms with van der Waals surface area (Å²) in [5.41, 5.74) is 1.73. The first-order valence-electron chi connectivity index (χ1n) is 9.11. The van der Waals surface area contributed by atoms with E-state index in [-0.39, 0.29) is 12.3 Å². The van der Waals surface area contributed by atoms with Crippen molar-refractivity contribution in [2.45, 2.75) is 19.1 Å². The van der Waals surface area contributed by atoms with Gasteiger partial charge in [-0.3, -0.25) is 15.4 Å². The highest BCUT2D eigenvalue weighted by Gasteiger charge is 2.29. The van der Waals surface area contributed by atoms with Gasteiger partial charge in [0.15, 0.2) is 0 Å². The van der Waals surface area contributed by atoms with Crippen molar-refractivity contribution in [1.82, 2.24) is 4.90 Å². The molecule has 0 aliphatic carbocycles. The van der Waals surface area contributed by atoms with Crippen LogP contribution in [0.1, 0.15) is 12.0 Å². The number of nitrogens with one attached hydrogen (secondary N) is 1. The number of rotatable bonds is 6. The lowest BCUT2D eigenvalue weighted by atomic mass is 10.2. The Balaban J connectivity index is 1.67. The molecule has 1 atom stereocenters. The number of hydrogen-bond acceptors (Lipinski definition) is 6. The van der Waals surface area contributed by atoms with Crippen LogP contribution in [-0.4, -0.2) is 49.1 Å². The van der Waals surface area contributed by atoms with Crippen molar-refractivity contribution in [2.24, 2.45) is 0 Å². The minimum absolute atomic E-state index is 0.0275. The van der Waals surface area contributed by atoms with Gasteiger partial charge in [-0.05, 0) is 38.2 Å². The fourth-order valence-corrected chi connectivity index (χ4v) is 3.27. The zero-order valence-electron chi connectivity index (χ0n) is 16.0. The molecule has 0 radical (unpaired) electrons. The number of nitro groups is 1. The predicted octanol–water partition coefficient (Wildman–Crippen LogP) is 3.48. The average Bonchev–Trinajstić information content (AvgIpc) is 3.17. The monoisotopic (exact) mass is 384 g/mol. The third-order valence-corrected chi connectivity index (χ3v) is 4.87. The number of amides is 1. The van der Waals surface area contributed by atoms with Crippen LogP contribution in [0.5, 0.6) is 0 Å². The highest BCUT2D eigenvalue weighted by Crippen LogP contribution is 2.33. The minimum Gasteiger partial charge on any atom is -0.444 e. The van der Waals surface area contributed by atoms with Gasteiger partial charge in [-0.1, -0.05) is 30.3 Å². The molecule has 1 aliphatic rings. The zero-order chi connectivity index (χ0) is 20.1. The Labute approximate surface area is 163 Å². The fourth-order valence-electron chi connectivity index (χ4n) is 3.27. The van der Waals surface area contributed by atoms with Gasteiger partial charge >= 0.3 is 6.09 Å². The van der Waals surface area contributed by atoms with Crippen molar-refractivity contribution >= 4 is 23.2 Å². The van der Waals surface area contributed by atoms with Crippen LogP contribution in [0.3, 0.4) is 0 Å². The van der Waals surface area contributed by atoms with Gasteiger partial charge in [0.05, 0.1) is 10.6 Å². The number of nitrogens with zero attached hydrogens (tertiary/aromatic N) is 3. The van der Waals surface area contributed by atoms with Crippen molar-refractivity contribution in [2.75, 3.05) is 37.4 Å². The van der Waals surface area contributed by atoms with E-state index in [1.54, 1.807) is 12.1 Å². The lowest BCUT2D eigenvalue weighted by Gasteiger charge is -2.22. The van der Waals surface area contributed by atoms with Gasteiger partial charge in [-0.25, -0.2) is 4.79 Å². The quantitative estimate of drug-likeness (QED) is 0.606. The number of likely N-dealkylation sites (N-methyl/N-ethyl adjacent to an activating group) is 1. The van der Waals surface area contributed by atoms with Crippen LogP contribution in [0, 0.1) is 10.1 Å². The summed E-state index contributed by atoms with van der Waals surface area (Å²) < 4.78 is 5.17. The van der Waals surface area contributed by atoms with Gasteiger partial charge < -0.3 is 14.5 Å². The Kier molecular flexibility index (Phi) is 6.10. The van der Waals surface area contributed by atoms with Crippen LogP contribution in [0.2, 0.25) is 0 Å². The molecule has 1 aliphatic heterocycles. The standard InChI is InChI=1S/C20H24N4O4/c1-22(2)17-10-11-23(13-17)18-9-8-16(12-19(18)24(26)27)21-20(25)28-14-15-6-4-3-5-7-15/h3-9,12,17H,10-11,13-14H2,1-2H3,(H,21,25). The molecule has 1 unspecified atom stereocenters. The van der Waals surface area contributed by atoms with Crippen molar-refractivity contribution in [3.63, 3.8) is 0 Å². The van der Waals surface area contributed by atoms with Crippen LogP contribution >= 0.6 is 0 Å². The second-order valence-corrected chi connectivity index (χ2v) is 7.00. The lowest BCUT2D eigenvalue weighted by molar-refractivity contribution is -0.384. The number of carbonyl (C=O) groups is 1. The van der Waals surface area contributed by atoms with E-state index in [4.69, 9.17) is 4.74 Å². The summed E-state index contributed by atoms with van der Waals surface area (Å²) in [7, 11) is 4.02. The number of benzene rings is 2. The molecule has 28 heavy (non-hydrogen) atoms. The molecule has 0 saturated carbocycles. The molecule has 1 fully saturated rings. The zero-order valence-corrected chi connectivity index (χ0v) is 16.0. The topological polar surface area (TPSA) is 88.0 Å². The summed E-state index contributed by atoms with van der Waals surface area (Å²) in [6, 6.07) is 14.4. The van der Waals surface area contributed by atoms with Gasteiger partial charge in [0.25, 0.3) is 5.69 Å². The van der Waals surface area contributed by atoms with Crippen LogP contribution in [0.15, 0.2) is 48.5 Å². The van der Waals surface area contributed by atoms with Gasteiger partial charge in [0, 0.05) is 25.2 Å². The highest BCUT2D eigenvalue weighted by atomic mass is 16.6. The number of anilines is 2.